The van der Waals surface area contributed by atoms with E-state index in [1.165, 1.54) is 45.4 Å². The summed E-state index contributed by atoms with van der Waals surface area (Å²) in [4.78, 5) is 26.6. The summed E-state index contributed by atoms with van der Waals surface area (Å²) in [6.07, 6.45) is 32.9. The van der Waals surface area contributed by atoms with Crippen LogP contribution in [0.1, 0.15) is 152 Å². The fraction of sp³-hybridized carbons (Fsp3) is 0.600. The average molecular weight is 723 g/mol. The molecule has 1 unspecified atom stereocenters. The molecule has 0 radical (unpaired) electrons. The van der Waals surface area contributed by atoms with Gasteiger partial charge < -0.3 is 14.7 Å². The van der Waals surface area contributed by atoms with Gasteiger partial charge in [-0.1, -0.05) is 93.2 Å². The van der Waals surface area contributed by atoms with Gasteiger partial charge in [0.2, 0.25) is 0 Å². The number of phosphoric acid groups is 2. The van der Waals surface area contributed by atoms with Crippen LogP contribution in [0, 0.1) is 0 Å². The lowest BCUT2D eigenvalue weighted by molar-refractivity contribution is 0.191. The van der Waals surface area contributed by atoms with E-state index in [1.807, 2.05) is 6.92 Å². The molecule has 0 aromatic heterocycles. The zero-order valence-electron chi connectivity index (χ0n) is 32.1. The molecule has 0 aliphatic heterocycles. The summed E-state index contributed by atoms with van der Waals surface area (Å²) < 4.78 is 30.5. The third kappa shape index (κ3) is 31.9. The minimum absolute atomic E-state index is 0.272. The Kier molecular flexibility index (Phi) is 25.9. The Balaban J connectivity index is 4.28. The molecule has 0 rings (SSSR count). The molecular weight excluding hydrogens is 654 g/mol. The maximum Gasteiger partial charge on any atom is 0.481 e. The highest BCUT2D eigenvalue weighted by Crippen LogP contribution is 2.57. The Morgan fingerprint density at radius 1 is 0.429 bits per heavy atom. The second-order valence-electron chi connectivity index (χ2n) is 13.7. The van der Waals surface area contributed by atoms with E-state index < -0.39 is 15.6 Å². The lowest BCUT2D eigenvalue weighted by Gasteiger charge is -2.11. The lowest BCUT2D eigenvalue weighted by Crippen LogP contribution is -1.94. The van der Waals surface area contributed by atoms with Crippen molar-refractivity contribution in [2.45, 2.75) is 152 Å². The lowest BCUT2D eigenvalue weighted by atomic mass is 10.0. The predicted octanol–water partition coefficient (Wildman–Crippen LogP) is 13.3. The van der Waals surface area contributed by atoms with Crippen LogP contribution in [0.2, 0.25) is 0 Å². The number of hydrogen-bond acceptors (Lipinski definition) is 4. The van der Waals surface area contributed by atoms with Crippen LogP contribution in [0.15, 0.2) is 93.2 Å². The van der Waals surface area contributed by atoms with Gasteiger partial charge in [-0.2, -0.15) is 4.31 Å². The van der Waals surface area contributed by atoms with Gasteiger partial charge in [-0.05, 0) is 152 Å². The Hall–Kier alpha value is -1.82. The molecule has 0 aliphatic carbocycles. The molecule has 0 spiro atoms. The fourth-order valence-electron chi connectivity index (χ4n) is 5.01. The van der Waals surface area contributed by atoms with E-state index in [0.29, 0.717) is 0 Å². The summed E-state index contributed by atoms with van der Waals surface area (Å²) in [5.41, 5.74) is 11.0. The van der Waals surface area contributed by atoms with Gasteiger partial charge in [-0.25, -0.2) is 9.13 Å². The third-order valence-electron chi connectivity index (χ3n) is 8.16. The van der Waals surface area contributed by atoms with Gasteiger partial charge in [0.05, 0.1) is 6.61 Å². The number of hydrogen-bond donors (Lipinski definition) is 3. The molecule has 0 aromatic rings. The van der Waals surface area contributed by atoms with Crippen molar-refractivity contribution in [3.63, 3.8) is 0 Å². The highest BCUT2D eigenvalue weighted by molar-refractivity contribution is 7.60. The van der Waals surface area contributed by atoms with Crippen LogP contribution in [0.3, 0.4) is 0 Å². The van der Waals surface area contributed by atoms with E-state index in [0.717, 1.165) is 89.0 Å². The molecule has 0 amide bonds. The van der Waals surface area contributed by atoms with E-state index in [1.54, 1.807) is 6.08 Å². The highest BCUT2D eigenvalue weighted by atomic mass is 31.3. The molecule has 49 heavy (non-hydrogen) atoms. The Morgan fingerprint density at radius 3 is 0.918 bits per heavy atom. The monoisotopic (exact) mass is 722 g/mol. The quantitative estimate of drug-likeness (QED) is 0.0601. The predicted molar refractivity (Wildman–Crippen MR) is 209 cm³/mol. The van der Waals surface area contributed by atoms with Gasteiger partial charge in [0.15, 0.2) is 0 Å². The first-order valence-corrected chi connectivity index (χ1v) is 20.9. The first-order valence-electron chi connectivity index (χ1n) is 17.9. The molecule has 0 fully saturated rings. The van der Waals surface area contributed by atoms with Crippen molar-refractivity contribution in [2.24, 2.45) is 0 Å². The Bertz CT molecular complexity index is 1320. The van der Waals surface area contributed by atoms with Gasteiger partial charge in [-0.3, -0.25) is 4.52 Å². The van der Waals surface area contributed by atoms with Gasteiger partial charge in [0.25, 0.3) is 0 Å². The Labute approximate surface area is 299 Å². The van der Waals surface area contributed by atoms with E-state index in [9.17, 15) is 14.0 Å². The van der Waals surface area contributed by atoms with Crippen molar-refractivity contribution in [1.82, 2.24) is 0 Å². The second-order valence-corrected chi connectivity index (χ2v) is 16.6. The van der Waals surface area contributed by atoms with Crippen molar-refractivity contribution in [2.75, 3.05) is 6.61 Å². The van der Waals surface area contributed by atoms with Crippen LogP contribution in [-0.2, 0) is 18.0 Å². The highest BCUT2D eigenvalue weighted by Gasteiger charge is 2.31. The number of rotatable bonds is 26. The molecular formula is C40H68O7P2. The van der Waals surface area contributed by atoms with E-state index in [4.69, 9.17) is 9.79 Å². The van der Waals surface area contributed by atoms with Crippen LogP contribution >= 0.6 is 15.6 Å². The number of phosphoric ester groups is 1. The van der Waals surface area contributed by atoms with E-state index in [-0.39, 0.29) is 6.61 Å². The van der Waals surface area contributed by atoms with Crippen molar-refractivity contribution in [3.8, 4) is 0 Å². The molecule has 0 saturated carbocycles. The first-order chi connectivity index (χ1) is 22.9. The minimum atomic E-state index is -5.10. The molecule has 0 heterocycles. The SMILES string of the molecule is CC(C)=CCC/C(C)=C/CC/C(C)=C/CC/C(C)=C\CC/C(C)=C\CC/C(C)=C\CC/C(C)=C\CC/C(C)=C\COP(=O)(O)OP(=O)(O)O. The molecule has 9 heteroatoms. The molecule has 1 atom stereocenters. The second kappa shape index (κ2) is 26.9. The smallest absolute Gasteiger partial charge is 0.302 e. The van der Waals surface area contributed by atoms with E-state index in [2.05, 4.69) is 107 Å². The van der Waals surface area contributed by atoms with Gasteiger partial charge in [0.1, 0.15) is 0 Å². The summed E-state index contributed by atoms with van der Waals surface area (Å²) in [6.45, 7) is 19.3. The van der Waals surface area contributed by atoms with Crippen LogP contribution in [0.5, 0.6) is 0 Å². The largest absolute Gasteiger partial charge is 0.481 e. The Morgan fingerprint density at radius 2 is 0.673 bits per heavy atom. The summed E-state index contributed by atoms with van der Waals surface area (Å²) in [5.74, 6) is 0. The average Bonchev–Trinajstić information content (AvgIpc) is 2.95. The maximum absolute atomic E-state index is 11.5. The van der Waals surface area contributed by atoms with Crippen molar-refractivity contribution in [1.29, 1.82) is 0 Å². The summed E-state index contributed by atoms with van der Waals surface area (Å²) in [6, 6.07) is 0. The van der Waals surface area contributed by atoms with Crippen LogP contribution in [-0.4, -0.2) is 21.3 Å². The zero-order valence-corrected chi connectivity index (χ0v) is 33.9. The van der Waals surface area contributed by atoms with Crippen LogP contribution in [0.4, 0.5) is 0 Å². The normalized spacial score (nSPS) is 15.9. The van der Waals surface area contributed by atoms with Crippen molar-refractivity contribution >= 4 is 15.6 Å². The zero-order chi connectivity index (χ0) is 37.3. The third-order valence-corrected chi connectivity index (χ3v) is 10.3. The fourth-order valence-corrected chi connectivity index (χ4v) is 6.54. The molecule has 3 N–H and O–H groups in total. The molecule has 0 aliphatic rings. The first kappa shape index (κ1) is 47.2. The minimum Gasteiger partial charge on any atom is -0.302 e. The number of allylic oxidation sites excluding steroid dienone is 15. The van der Waals surface area contributed by atoms with Crippen LogP contribution < -0.4 is 0 Å². The summed E-state index contributed by atoms with van der Waals surface area (Å²) >= 11 is 0. The standard InChI is InChI=1S/C40H68O7P2/c1-33(2)17-10-18-34(3)19-11-20-35(4)21-12-22-36(5)23-13-24-37(6)25-14-26-38(7)27-15-28-39(8)29-16-30-40(9)31-32-46-49(44,45)47-48(41,42)43/h17,19,21,23,25,27,29,31H,10-16,18,20,22,24,26,28,30,32H2,1-9H3,(H,44,45)(H2,41,42,43)/b34-19+,35-21+,36-23-,37-25-,38-27-,39-29-,40-31-. The molecule has 0 bridgehead atoms. The van der Waals surface area contributed by atoms with Gasteiger partial charge in [-0.15, -0.1) is 0 Å². The molecule has 280 valence electrons. The summed E-state index contributed by atoms with van der Waals surface area (Å²) in [5, 5.41) is 0. The van der Waals surface area contributed by atoms with Gasteiger partial charge in [0, 0.05) is 0 Å². The topological polar surface area (TPSA) is 113 Å². The van der Waals surface area contributed by atoms with Crippen molar-refractivity contribution in [3.05, 3.63) is 93.2 Å². The summed E-state index contributed by atoms with van der Waals surface area (Å²) in [7, 11) is -9.90. The van der Waals surface area contributed by atoms with E-state index >= 15 is 0 Å². The van der Waals surface area contributed by atoms with Gasteiger partial charge >= 0.3 is 15.6 Å². The molecule has 0 saturated heterocycles. The van der Waals surface area contributed by atoms with Crippen molar-refractivity contribution < 1.29 is 32.6 Å². The maximum atomic E-state index is 11.5. The van der Waals surface area contributed by atoms with Crippen LogP contribution in [0.25, 0.3) is 0 Å². The molecule has 0 aromatic carbocycles. The molecule has 7 nitrogen and oxygen atoms in total.